The normalized spacial score (nSPS) is 15.1. The van der Waals surface area contributed by atoms with Gasteiger partial charge in [0.05, 0.1) is 0 Å². The number of pyridine rings is 1. The minimum atomic E-state index is -0.0576. The summed E-state index contributed by atoms with van der Waals surface area (Å²) in [7, 11) is 2.16. The Morgan fingerprint density at radius 3 is 2.61 bits per heavy atom. The fourth-order valence-corrected chi connectivity index (χ4v) is 3.55. The number of H-pyrrole nitrogens is 1. The Morgan fingerprint density at radius 2 is 1.89 bits per heavy atom. The molecule has 146 valence electrons. The predicted octanol–water partition coefficient (Wildman–Crippen LogP) is 3.12. The Bertz CT molecular complexity index is 955. The Labute approximate surface area is 165 Å². The number of piperazine rings is 1. The average molecular weight is 377 g/mol. The number of nitrogens with one attached hydrogen (secondary N) is 2. The number of rotatable bonds is 5. The van der Waals surface area contributed by atoms with Crippen LogP contribution in [0, 0.1) is 0 Å². The minimum Gasteiger partial charge on any atom is -0.354 e. The van der Waals surface area contributed by atoms with Crippen molar-refractivity contribution < 1.29 is 4.79 Å². The summed E-state index contributed by atoms with van der Waals surface area (Å²) in [6.07, 6.45) is 2.86. The zero-order valence-electron chi connectivity index (χ0n) is 16.5. The van der Waals surface area contributed by atoms with Gasteiger partial charge in [0.1, 0.15) is 11.5 Å². The molecule has 1 aliphatic rings. The van der Waals surface area contributed by atoms with Crippen molar-refractivity contribution in [2.24, 2.45) is 0 Å². The lowest BCUT2D eigenvalue weighted by Crippen LogP contribution is -2.44. The smallest absolute Gasteiger partial charge is 0.267 e. The van der Waals surface area contributed by atoms with Crippen molar-refractivity contribution in [1.82, 2.24) is 20.2 Å². The van der Waals surface area contributed by atoms with Crippen LogP contribution >= 0.6 is 0 Å². The van der Waals surface area contributed by atoms with Gasteiger partial charge in [0.15, 0.2) is 0 Å². The van der Waals surface area contributed by atoms with E-state index in [0.717, 1.165) is 60.4 Å². The molecule has 1 amide bonds. The quantitative estimate of drug-likeness (QED) is 0.717. The van der Waals surface area contributed by atoms with Gasteiger partial charge in [-0.15, -0.1) is 0 Å². The molecule has 1 aromatic carbocycles. The van der Waals surface area contributed by atoms with Crippen LogP contribution in [0.15, 0.2) is 42.6 Å². The van der Waals surface area contributed by atoms with Crippen LogP contribution in [0.3, 0.4) is 0 Å². The predicted molar refractivity (Wildman–Crippen MR) is 114 cm³/mol. The summed E-state index contributed by atoms with van der Waals surface area (Å²) < 4.78 is 0. The van der Waals surface area contributed by atoms with E-state index in [4.69, 9.17) is 0 Å². The molecule has 6 nitrogen and oxygen atoms in total. The third-order valence-electron chi connectivity index (χ3n) is 5.31. The molecule has 0 radical (unpaired) electrons. The SMILES string of the molecule is CCCNC(=O)c1cc2cc(-c3ccc(N4CCN(C)CC4)nc3)ccc2[nH]1. The second kappa shape index (κ2) is 8.02. The molecule has 0 atom stereocenters. The number of aromatic nitrogens is 2. The number of likely N-dealkylation sites (N-methyl/N-ethyl adjacent to an activating group) is 1. The van der Waals surface area contributed by atoms with Gasteiger partial charge in [-0.2, -0.15) is 0 Å². The summed E-state index contributed by atoms with van der Waals surface area (Å²) in [5.41, 5.74) is 3.75. The maximum absolute atomic E-state index is 12.2. The molecule has 2 N–H and O–H groups in total. The molecular formula is C22H27N5O. The van der Waals surface area contributed by atoms with Gasteiger partial charge in [0.25, 0.3) is 5.91 Å². The lowest BCUT2D eigenvalue weighted by molar-refractivity contribution is 0.0949. The summed E-state index contributed by atoms with van der Waals surface area (Å²) in [5.74, 6) is 0.979. The summed E-state index contributed by atoms with van der Waals surface area (Å²) in [4.78, 5) is 24.7. The van der Waals surface area contributed by atoms with Crippen molar-refractivity contribution in [3.63, 3.8) is 0 Å². The van der Waals surface area contributed by atoms with Crippen molar-refractivity contribution in [2.45, 2.75) is 13.3 Å². The van der Waals surface area contributed by atoms with Crippen LogP contribution in [0.25, 0.3) is 22.0 Å². The maximum Gasteiger partial charge on any atom is 0.267 e. The van der Waals surface area contributed by atoms with Crippen molar-refractivity contribution in [2.75, 3.05) is 44.7 Å². The van der Waals surface area contributed by atoms with Crippen LogP contribution in [0.5, 0.6) is 0 Å². The number of hydrogen-bond acceptors (Lipinski definition) is 4. The van der Waals surface area contributed by atoms with E-state index in [9.17, 15) is 4.79 Å². The third-order valence-corrected chi connectivity index (χ3v) is 5.31. The van der Waals surface area contributed by atoms with Crippen molar-refractivity contribution in [3.05, 3.63) is 48.3 Å². The van der Waals surface area contributed by atoms with E-state index in [-0.39, 0.29) is 5.91 Å². The number of fused-ring (bicyclic) bond motifs is 1. The highest BCUT2D eigenvalue weighted by Gasteiger charge is 2.15. The average Bonchev–Trinajstić information content (AvgIpc) is 3.16. The summed E-state index contributed by atoms with van der Waals surface area (Å²) in [5, 5.41) is 3.94. The molecule has 1 saturated heterocycles. The molecule has 3 aromatic rings. The van der Waals surface area contributed by atoms with E-state index in [2.05, 4.69) is 56.4 Å². The first-order valence-electron chi connectivity index (χ1n) is 9.95. The molecule has 0 bridgehead atoms. The Morgan fingerprint density at radius 1 is 1.11 bits per heavy atom. The number of anilines is 1. The number of carbonyl (C=O) groups excluding carboxylic acids is 1. The highest BCUT2D eigenvalue weighted by molar-refractivity contribution is 5.98. The Kier molecular flexibility index (Phi) is 5.30. The van der Waals surface area contributed by atoms with Gasteiger partial charge in [-0.05, 0) is 49.4 Å². The lowest BCUT2D eigenvalue weighted by Gasteiger charge is -2.33. The molecule has 6 heteroatoms. The number of amides is 1. The zero-order valence-corrected chi connectivity index (χ0v) is 16.5. The van der Waals surface area contributed by atoms with Gasteiger partial charge in [-0.3, -0.25) is 4.79 Å². The van der Waals surface area contributed by atoms with Crippen LogP contribution in [-0.4, -0.2) is 60.5 Å². The molecule has 4 rings (SSSR count). The van der Waals surface area contributed by atoms with Crippen LogP contribution in [-0.2, 0) is 0 Å². The van der Waals surface area contributed by atoms with Crippen LogP contribution < -0.4 is 10.2 Å². The number of hydrogen-bond donors (Lipinski definition) is 2. The highest BCUT2D eigenvalue weighted by atomic mass is 16.1. The van der Waals surface area contributed by atoms with Crippen molar-refractivity contribution >= 4 is 22.6 Å². The molecule has 0 spiro atoms. The van der Waals surface area contributed by atoms with Crippen molar-refractivity contribution in [1.29, 1.82) is 0 Å². The van der Waals surface area contributed by atoms with Gasteiger partial charge in [-0.25, -0.2) is 4.98 Å². The van der Waals surface area contributed by atoms with E-state index in [1.165, 1.54) is 0 Å². The number of aromatic amines is 1. The van der Waals surface area contributed by atoms with Gasteiger partial charge in [0, 0.05) is 55.4 Å². The van der Waals surface area contributed by atoms with Crippen LogP contribution in [0.4, 0.5) is 5.82 Å². The highest BCUT2D eigenvalue weighted by Crippen LogP contribution is 2.26. The van der Waals surface area contributed by atoms with Gasteiger partial charge >= 0.3 is 0 Å². The topological polar surface area (TPSA) is 64.3 Å². The molecule has 1 fully saturated rings. The van der Waals surface area contributed by atoms with Crippen LogP contribution in [0.1, 0.15) is 23.8 Å². The second-order valence-electron chi connectivity index (χ2n) is 7.44. The summed E-state index contributed by atoms with van der Waals surface area (Å²) >= 11 is 0. The molecule has 3 heterocycles. The largest absolute Gasteiger partial charge is 0.354 e. The Balaban J connectivity index is 1.53. The Hall–Kier alpha value is -2.86. The van der Waals surface area contributed by atoms with Crippen LogP contribution in [0.2, 0.25) is 0 Å². The molecule has 2 aromatic heterocycles. The molecule has 0 saturated carbocycles. The summed E-state index contributed by atoms with van der Waals surface area (Å²) in [6, 6.07) is 12.3. The standard InChI is InChI=1S/C22H27N5O/c1-3-8-23-22(28)20-14-18-13-16(4-6-19(18)25-20)17-5-7-21(24-15-17)27-11-9-26(2)10-12-27/h4-7,13-15,25H,3,8-12H2,1-2H3,(H,23,28). The second-order valence-corrected chi connectivity index (χ2v) is 7.44. The third kappa shape index (κ3) is 3.87. The molecule has 1 aliphatic heterocycles. The fourth-order valence-electron chi connectivity index (χ4n) is 3.55. The number of nitrogens with zero attached hydrogens (tertiary/aromatic N) is 3. The first-order valence-corrected chi connectivity index (χ1v) is 9.95. The monoisotopic (exact) mass is 377 g/mol. The first-order chi connectivity index (χ1) is 13.6. The minimum absolute atomic E-state index is 0.0576. The number of benzene rings is 1. The van der Waals surface area contributed by atoms with E-state index < -0.39 is 0 Å². The van der Waals surface area contributed by atoms with E-state index in [1.54, 1.807) is 0 Å². The first kappa shape index (κ1) is 18.5. The van der Waals surface area contributed by atoms with Gasteiger partial charge in [0.2, 0.25) is 0 Å². The molecule has 28 heavy (non-hydrogen) atoms. The lowest BCUT2D eigenvalue weighted by atomic mass is 10.1. The molecule has 0 aliphatic carbocycles. The molecule has 0 unspecified atom stereocenters. The van der Waals surface area contributed by atoms with E-state index in [0.29, 0.717) is 12.2 Å². The van der Waals surface area contributed by atoms with Gasteiger partial charge < -0.3 is 20.1 Å². The zero-order chi connectivity index (χ0) is 19.5. The van der Waals surface area contributed by atoms with E-state index >= 15 is 0 Å². The number of carbonyl (C=O) groups is 1. The van der Waals surface area contributed by atoms with Gasteiger partial charge in [-0.1, -0.05) is 13.0 Å². The van der Waals surface area contributed by atoms with E-state index in [1.807, 2.05) is 25.3 Å². The maximum atomic E-state index is 12.2. The summed E-state index contributed by atoms with van der Waals surface area (Å²) in [6.45, 7) is 6.90. The van der Waals surface area contributed by atoms with Crippen molar-refractivity contribution in [3.8, 4) is 11.1 Å². The molecular weight excluding hydrogens is 350 g/mol. The fraction of sp³-hybridized carbons (Fsp3) is 0.364.